The molecule has 0 aromatic carbocycles. The summed E-state index contributed by atoms with van der Waals surface area (Å²) in [6.45, 7) is 4.33. The van der Waals surface area contributed by atoms with Crippen molar-refractivity contribution in [2.24, 2.45) is 5.41 Å². The van der Waals surface area contributed by atoms with Gasteiger partial charge in [-0.3, -0.25) is 0 Å². The fourth-order valence-corrected chi connectivity index (χ4v) is 5.64. The minimum atomic E-state index is -0.327. The molecule has 0 amide bonds. The second kappa shape index (κ2) is 6.54. The summed E-state index contributed by atoms with van der Waals surface area (Å²) in [5.41, 5.74) is 4.01. The standard InChI is InChI=1S/C19H23FN4S/c1-22-8-10-23(11-9-22)17-5-7-24(20)18-3-2-15(4-6-21)12-19(18)14-25-13-16(17)19/h3-5,13H,2,7-12,14H2,1H3/b15-4+. The molecule has 3 heterocycles. The van der Waals surface area contributed by atoms with E-state index in [4.69, 9.17) is 5.26 Å². The maximum atomic E-state index is 14.9. The van der Waals surface area contributed by atoms with Crippen LogP contribution in [0.25, 0.3) is 0 Å². The zero-order valence-electron chi connectivity index (χ0n) is 14.5. The van der Waals surface area contributed by atoms with Gasteiger partial charge in [-0.1, -0.05) is 16.1 Å². The van der Waals surface area contributed by atoms with Crippen molar-refractivity contribution in [1.82, 2.24) is 14.9 Å². The van der Waals surface area contributed by atoms with Gasteiger partial charge in [-0.15, -0.1) is 11.8 Å². The van der Waals surface area contributed by atoms with Crippen LogP contribution < -0.4 is 0 Å². The van der Waals surface area contributed by atoms with Gasteiger partial charge in [0.25, 0.3) is 0 Å². The maximum Gasteiger partial charge on any atom is 0.0911 e. The van der Waals surface area contributed by atoms with Crippen LogP contribution in [-0.2, 0) is 0 Å². The van der Waals surface area contributed by atoms with E-state index in [1.165, 1.54) is 11.3 Å². The Balaban J connectivity index is 1.73. The van der Waals surface area contributed by atoms with Crippen LogP contribution in [0.15, 0.2) is 46.2 Å². The molecule has 0 bridgehead atoms. The van der Waals surface area contributed by atoms with Gasteiger partial charge in [-0.05, 0) is 36.9 Å². The molecular formula is C19H23FN4S. The van der Waals surface area contributed by atoms with E-state index >= 15 is 0 Å². The normalized spacial score (nSPS) is 31.6. The number of likely N-dealkylation sites (N-methyl/N-ethyl adjacent to an activating group) is 1. The Bertz CT molecular complexity index is 724. The highest BCUT2D eigenvalue weighted by Crippen LogP contribution is 2.56. The molecule has 0 aromatic rings. The summed E-state index contributed by atoms with van der Waals surface area (Å²) in [6.07, 6.45) is 7.11. The number of hydrogen-bond donors (Lipinski definition) is 0. The Morgan fingerprint density at radius 3 is 2.84 bits per heavy atom. The molecule has 1 fully saturated rings. The molecule has 6 heteroatoms. The number of hydrogen-bond acceptors (Lipinski definition) is 5. The van der Waals surface area contributed by atoms with Gasteiger partial charge in [0.15, 0.2) is 0 Å². The van der Waals surface area contributed by atoms with Crippen molar-refractivity contribution in [1.29, 1.82) is 5.26 Å². The molecule has 0 radical (unpaired) electrons. The lowest BCUT2D eigenvalue weighted by atomic mass is 9.69. The molecule has 4 nitrogen and oxygen atoms in total. The number of allylic oxidation sites excluding steroid dienone is 5. The summed E-state index contributed by atoms with van der Waals surface area (Å²) in [5.74, 6) is 0.850. The van der Waals surface area contributed by atoms with Crippen molar-refractivity contribution in [2.75, 3.05) is 45.5 Å². The van der Waals surface area contributed by atoms with Gasteiger partial charge in [-0.25, -0.2) is 5.12 Å². The van der Waals surface area contributed by atoms with Gasteiger partial charge in [0.1, 0.15) is 0 Å². The summed E-state index contributed by atoms with van der Waals surface area (Å²) in [4.78, 5) is 4.75. The number of halogens is 1. The van der Waals surface area contributed by atoms with Crippen LogP contribution in [0.3, 0.4) is 0 Å². The predicted octanol–water partition coefficient (Wildman–Crippen LogP) is 3.06. The summed E-state index contributed by atoms with van der Waals surface area (Å²) >= 11 is 1.77. The van der Waals surface area contributed by atoms with Gasteiger partial charge in [0.2, 0.25) is 0 Å². The molecule has 1 aliphatic carbocycles. The smallest absolute Gasteiger partial charge is 0.0911 e. The van der Waals surface area contributed by atoms with Crippen LogP contribution in [0.1, 0.15) is 12.8 Å². The molecule has 1 saturated heterocycles. The fourth-order valence-electron chi connectivity index (χ4n) is 4.35. The Morgan fingerprint density at radius 1 is 1.28 bits per heavy atom. The summed E-state index contributed by atoms with van der Waals surface area (Å²) < 4.78 is 14.9. The van der Waals surface area contributed by atoms with Gasteiger partial charge in [-0.2, -0.15) is 5.26 Å². The Morgan fingerprint density at radius 2 is 2.08 bits per heavy atom. The summed E-state index contributed by atoms with van der Waals surface area (Å²) in [5, 5.41) is 12.2. The van der Waals surface area contributed by atoms with E-state index in [9.17, 15) is 4.48 Å². The van der Waals surface area contributed by atoms with E-state index in [1.54, 1.807) is 17.8 Å². The van der Waals surface area contributed by atoms with E-state index in [1.807, 2.05) is 6.08 Å². The maximum absolute atomic E-state index is 14.9. The quantitative estimate of drug-likeness (QED) is 0.531. The Labute approximate surface area is 152 Å². The van der Waals surface area contributed by atoms with E-state index in [0.717, 1.165) is 54.7 Å². The molecular weight excluding hydrogens is 335 g/mol. The SMILES string of the molecule is CN1CCN(C2=CCN(F)C3=CC/C(=C\C#N)CC34CSC=C24)CC1. The molecule has 1 atom stereocenters. The Hall–Kier alpha value is -1.71. The molecule has 0 aromatic heterocycles. The van der Waals surface area contributed by atoms with Crippen molar-refractivity contribution < 1.29 is 4.48 Å². The van der Waals surface area contributed by atoms with Gasteiger partial charge in [0, 0.05) is 43.7 Å². The third-order valence-corrected chi connectivity index (χ3v) is 6.78. The fraction of sp³-hybridized carbons (Fsp3) is 0.526. The minimum Gasteiger partial charge on any atom is -0.369 e. The third-order valence-electron chi connectivity index (χ3n) is 5.72. The summed E-state index contributed by atoms with van der Waals surface area (Å²) in [7, 11) is 2.15. The summed E-state index contributed by atoms with van der Waals surface area (Å²) in [6, 6.07) is 2.16. The molecule has 0 saturated carbocycles. The van der Waals surface area contributed by atoms with Crippen LogP contribution in [0.4, 0.5) is 4.48 Å². The highest BCUT2D eigenvalue weighted by molar-refractivity contribution is 8.02. The number of thioether (sulfide) groups is 1. The lowest BCUT2D eigenvalue weighted by Crippen LogP contribution is -2.45. The molecule has 4 aliphatic rings. The van der Waals surface area contributed by atoms with Gasteiger partial charge < -0.3 is 9.80 Å². The predicted molar refractivity (Wildman–Crippen MR) is 99.0 cm³/mol. The minimum absolute atomic E-state index is 0.300. The van der Waals surface area contributed by atoms with E-state index in [0.29, 0.717) is 13.0 Å². The van der Waals surface area contributed by atoms with Gasteiger partial charge >= 0.3 is 0 Å². The highest BCUT2D eigenvalue weighted by atomic mass is 32.2. The van der Waals surface area contributed by atoms with Crippen molar-refractivity contribution in [3.8, 4) is 6.07 Å². The number of nitriles is 1. The zero-order chi connectivity index (χ0) is 17.4. The third kappa shape index (κ3) is 2.80. The average molecular weight is 358 g/mol. The molecule has 0 N–H and O–H groups in total. The van der Waals surface area contributed by atoms with Crippen LogP contribution in [0.2, 0.25) is 0 Å². The molecule has 4 rings (SSSR count). The van der Waals surface area contributed by atoms with Crippen molar-refractivity contribution in [2.45, 2.75) is 12.8 Å². The monoisotopic (exact) mass is 358 g/mol. The van der Waals surface area contributed by atoms with Crippen molar-refractivity contribution in [3.05, 3.63) is 46.2 Å². The van der Waals surface area contributed by atoms with E-state index < -0.39 is 0 Å². The van der Waals surface area contributed by atoms with Crippen LogP contribution in [0.5, 0.6) is 0 Å². The topological polar surface area (TPSA) is 33.5 Å². The van der Waals surface area contributed by atoms with Crippen LogP contribution in [-0.4, -0.2) is 60.4 Å². The Kier molecular flexibility index (Phi) is 4.38. The lowest BCUT2D eigenvalue weighted by Gasteiger charge is -2.42. The number of rotatable bonds is 1. The highest BCUT2D eigenvalue weighted by Gasteiger charge is 2.49. The van der Waals surface area contributed by atoms with Crippen LogP contribution >= 0.6 is 11.8 Å². The lowest BCUT2D eigenvalue weighted by molar-refractivity contribution is 0.0597. The molecule has 1 unspecified atom stereocenters. The largest absolute Gasteiger partial charge is 0.369 e. The van der Waals surface area contributed by atoms with Crippen molar-refractivity contribution in [3.63, 3.8) is 0 Å². The average Bonchev–Trinajstić information content (AvgIpc) is 2.95. The number of nitrogens with zero attached hydrogens (tertiary/aromatic N) is 4. The van der Waals surface area contributed by atoms with E-state index in [-0.39, 0.29) is 5.41 Å². The molecule has 25 heavy (non-hydrogen) atoms. The molecule has 1 spiro atoms. The second-order valence-electron chi connectivity index (χ2n) is 7.25. The molecule has 132 valence electrons. The molecule has 3 aliphatic heterocycles. The van der Waals surface area contributed by atoms with E-state index in [2.05, 4.69) is 34.4 Å². The zero-order valence-corrected chi connectivity index (χ0v) is 15.4. The first kappa shape index (κ1) is 16.7. The van der Waals surface area contributed by atoms with Crippen LogP contribution in [0, 0.1) is 16.7 Å². The first-order valence-corrected chi connectivity index (χ1v) is 9.87. The second-order valence-corrected chi connectivity index (χ2v) is 8.11. The van der Waals surface area contributed by atoms with Crippen molar-refractivity contribution >= 4 is 11.8 Å². The van der Waals surface area contributed by atoms with Gasteiger partial charge in [0.05, 0.1) is 23.7 Å². The first-order valence-electron chi connectivity index (χ1n) is 8.82. The number of piperazine rings is 1. The first-order chi connectivity index (χ1) is 12.1.